The topological polar surface area (TPSA) is 904 Å². The van der Waals surface area contributed by atoms with Crippen molar-refractivity contribution in [2.24, 2.45) is 0 Å². The molecule has 10 aliphatic heterocycles. The van der Waals surface area contributed by atoms with Crippen LogP contribution in [0.3, 0.4) is 0 Å². The maximum atomic E-state index is 13.4. The van der Waals surface area contributed by atoms with Crippen molar-refractivity contribution in [2.75, 3.05) is 59.5 Å². The highest BCUT2D eigenvalue weighted by Gasteiger charge is 2.63. The number of hydrogen-bond acceptors (Lipinski definition) is 52. The van der Waals surface area contributed by atoms with E-state index in [1.54, 1.807) is 0 Å². The smallest absolute Gasteiger partial charge is 0.364 e. The molecule has 5 amide bonds. The van der Waals surface area contributed by atoms with E-state index >= 15 is 0 Å². The first kappa shape index (κ1) is 108. The lowest BCUT2D eigenvalue weighted by Gasteiger charge is -2.52. The van der Waals surface area contributed by atoms with E-state index in [1.807, 2.05) is 0 Å². The monoisotopic (exact) mass is 1920 g/mol. The highest BCUT2D eigenvalue weighted by Crippen LogP contribution is 2.42. The van der Waals surface area contributed by atoms with E-state index < -0.39 is 414 Å². The van der Waals surface area contributed by atoms with Gasteiger partial charge in [-0.3, -0.25) is 24.0 Å². The predicted molar refractivity (Wildman–Crippen MR) is 403 cm³/mol. The van der Waals surface area contributed by atoms with Gasteiger partial charge in [-0.1, -0.05) is 0 Å². The number of carboxylic acid groups (broad SMARTS) is 1. The average molecular weight is 1920 g/mol. The second kappa shape index (κ2) is 46.6. The first-order valence-corrected chi connectivity index (χ1v) is 41.6. The Bertz CT molecular complexity index is 3660. The molecule has 0 saturated carbocycles. The number of amides is 5. The Morgan fingerprint density at radius 2 is 0.672 bits per heavy atom. The van der Waals surface area contributed by atoms with Crippen LogP contribution in [0.25, 0.3) is 0 Å². The third kappa shape index (κ3) is 24.3. The van der Waals surface area contributed by atoms with Crippen LogP contribution >= 0.6 is 0 Å². The molecule has 0 aromatic rings. The normalized spacial score (nSPS) is 47.5. The minimum atomic E-state index is -3.12. The largest absolute Gasteiger partial charge is 0.477 e. The summed E-state index contributed by atoms with van der Waals surface area (Å²) in [5, 5.41) is 326. The van der Waals surface area contributed by atoms with Gasteiger partial charge in [-0.2, -0.15) is 0 Å². The van der Waals surface area contributed by atoms with E-state index in [4.69, 9.17) is 90.0 Å². The van der Waals surface area contributed by atoms with Gasteiger partial charge in [0.1, 0.15) is 232 Å². The lowest BCUT2D eigenvalue weighted by atomic mass is 9.88. The summed E-state index contributed by atoms with van der Waals surface area (Å²) in [6.45, 7) is -4.80. The van der Waals surface area contributed by atoms with Crippen LogP contribution in [0, 0.1) is 0 Å². The average Bonchev–Trinajstić information content (AvgIpc) is 0.797. The lowest BCUT2D eigenvalue weighted by Crippen LogP contribution is -2.71. The van der Waals surface area contributed by atoms with Gasteiger partial charge in [0.25, 0.3) is 5.79 Å². The summed E-state index contributed by atoms with van der Waals surface area (Å²) in [4.78, 5) is 77.5. The Hall–Kier alpha value is -5.02. The van der Waals surface area contributed by atoms with Crippen molar-refractivity contribution in [1.82, 2.24) is 26.6 Å². The van der Waals surface area contributed by atoms with Crippen LogP contribution in [0.1, 0.15) is 48.0 Å². The molecule has 0 bridgehead atoms. The van der Waals surface area contributed by atoms with Gasteiger partial charge in [-0.25, -0.2) is 4.79 Å². The van der Waals surface area contributed by atoms with Gasteiger partial charge >= 0.3 is 5.97 Å². The second-order valence-corrected chi connectivity index (χ2v) is 33.2. The number of aliphatic hydroxyl groups excluding tert-OH is 27. The minimum absolute atomic E-state index is 0.851. The third-order valence-corrected chi connectivity index (χ3v) is 23.8. The number of carbonyl (C=O) groups excluding carboxylic acids is 5. The molecule has 0 spiro atoms. The molecule has 10 heterocycles. The highest BCUT2D eigenvalue weighted by atomic mass is 16.8. The number of ether oxygens (including phenoxy) is 19. The minimum Gasteiger partial charge on any atom is -0.477 e. The second-order valence-electron chi connectivity index (χ2n) is 33.2. The molecule has 10 rings (SSSR count). The molecule has 10 saturated heterocycles. The molecule has 58 heteroatoms. The summed E-state index contributed by atoms with van der Waals surface area (Å²) in [5.74, 6) is -10.00. The number of carboxylic acids is 1. The zero-order valence-corrected chi connectivity index (χ0v) is 70.7. The molecule has 33 N–H and O–H groups in total. The fraction of sp³-hybridized carbons (Fsp3) is 0.918. The number of nitrogens with one attached hydrogen (secondary N) is 5. The number of rotatable bonds is 35. The van der Waals surface area contributed by atoms with E-state index in [-0.39, 0.29) is 0 Å². The van der Waals surface area contributed by atoms with Gasteiger partial charge in [0.05, 0.1) is 77.7 Å². The van der Waals surface area contributed by atoms with Crippen LogP contribution in [0.15, 0.2) is 0 Å². The van der Waals surface area contributed by atoms with Crippen molar-refractivity contribution in [1.29, 1.82) is 0 Å². The fourth-order valence-corrected chi connectivity index (χ4v) is 16.8. The molecule has 58 nitrogen and oxygen atoms in total. The Kier molecular flexibility index (Phi) is 38.4. The Morgan fingerprint density at radius 3 is 1.15 bits per heavy atom. The summed E-state index contributed by atoms with van der Waals surface area (Å²) < 4.78 is 114. The van der Waals surface area contributed by atoms with Crippen LogP contribution in [0.5, 0.6) is 0 Å². The molecule has 10 aliphatic rings. The number of carbonyl (C=O) groups is 6. The molecule has 0 aliphatic carbocycles. The van der Waals surface area contributed by atoms with E-state index in [0.29, 0.717) is 0 Å². The first-order chi connectivity index (χ1) is 61.7. The SMILES string of the molecule is CC(=O)N[C@@H]1[C@@H](O)[C@H](O[C@@H]2O[C@H](CO)[C@@H](O[C@@H]3O[C@H](CO[C@H]4O[C@H](CO)[C@@H](O)[C@H](O)[C@@H]4O)[C@@H](O[C@@H]4O[C@H](CO)[C@@H](O)[C@H](O)[C@H]4NC(C)=O)[C@H](O[C@H]4O[C@H](CO)[C@@H](O)[C@H](O)[C@@H]4O[C@@H]4O[C@H](CO)[C@@H](O[C@@H]5O[C@H](CO[C@]6(C(=O)O)C[C@H](O)[C@@H](NC(C)=O)[C@H]([C@H](O)[C@H](O)CO)O6)[C@H](O)[C@H](O)[C@H]5O)[C@H](O)[C@H]4NC(C)=O)[C@@H]3O)[C@H](O)[C@H]2NC(C)=O)[C@@H](CO[C@@H]2O[C@@H](C)[C@@H](O)[C@@H](O)[C@@H]2O)O[C@H]1O. The lowest BCUT2D eigenvalue weighted by molar-refractivity contribution is -0.408. The predicted octanol–water partition coefficient (Wildman–Crippen LogP) is -21.9. The third-order valence-electron chi connectivity index (χ3n) is 23.8. The van der Waals surface area contributed by atoms with Crippen LogP contribution in [-0.2, 0) is 119 Å². The van der Waals surface area contributed by atoms with Crippen molar-refractivity contribution in [3.8, 4) is 0 Å². The molecule has 0 radical (unpaired) electrons. The van der Waals surface area contributed by atoms with Gasteiger partial charge < -0.3 is 260 Å². The van der Waals surface area contributed by atoms with E-state index in [2.05, 4.69) is 26.6 Å². The van der Waals surface area contributed by atoms with Crippen LogP contribution < -0.4 is 26.6 Å². The van der Waals surface area contributed by atoms with Gasteiger partial charge in [0, 0.05) is 41.0 Å². The van der Waals surface area contributed by atoms with Crippen molar-refractivity contribution in [3.05, 3.63) is 0 Å². The Labute approximate surface area is 741 Å². The maximum Gasteiger partial charge on any atom is 0.364 e. The molecule has 0 aromatic heterocycles. The molecular weight excluding hydrogens is 1790 g/mol. The quantitative estimate of drug-likeness (QED) is 0.0280. The molecule has 51 atom stereocenters. The summed E-state index contributed by atoms with van der Waals surface area (Å²) in [6, 6.07) is -9.72. The van der Waals surface area contributed by atoms with Gasteiger partial charge in [0.2, 0.25) is 29.5 Å². The maximum absolute atomic E-state index is 13.4. The molecule has 131 heavy (non-hydrogen) atoms. The standard InChI is InChI=1S/C73H121N5O53/c1-17-38(92)48(102)52(106)67(116-17)113-14-31-58(45(99)34(63(110)117-31)75-19(3)86)125-65-36(77-21(5)88)46(100)57(29(13-84)121-65)127-70-55(109)61(59(128-64-35(76-20(4)87)44(98)40(94)25(9-80)118-64)32(124-70)15-114-68-53(107)49(103)41(95)26(10-81)119-68)129-71-62(51(105)42(96)27(11-82)120-71)130-66-37(78-22(6)89)47(101)56(28(12-83)122-66)126-69-54(108)50(104)43(97)30(123-69)16-115-73(72(111)112)7-23(90)33(74-18(2)85)60(131-73)39(93)24(91)8-79/h17,23-71,79-84,90-110H,7-16H2,1-6H3,(H,74,85)(H,75,86)(H,76,87)(H,77,88)(H,78,89)(H,111,112)/t17-,23-,24+,25+,26+,27+,28+,29+,30+,31+,32+,33+,34+,35+,36+,37+,38+,39+,40+,41+,42+,43-,44+,45+,46+,47+,48+,49-,50-,51-,52-,53-,54+,55-,56+,57+,58+,59+,60+,61+,62-,63+,64-,65-,66-,67+,68-,69-,70-,71+,73+/m0/s1. The molecule has 0 aromatic carbocycles. The van der Waals surface area contributed by atoms with Crippen molar-refractivity contribution < 1.29 is 262 Å². The van der Waals surface area contributed by atoms with Crippen molar-refractivity contribution in [2.45, 2.75) is 360 Å². The summed E-state index contributed by atoms with van der Waals surface area (Å²) in [6.07, 6.45) is -99.3. The highest BCUT2D eigenvalue weighted by molar-refractivity contribution is 5.77. The molecular formula is C73H121N5O53. The number of aliphatic carboxylic acids is 1. The fourth-order valence-electron chi connectivity index (χ4n) is 16.8. The van der Waals surface area contributed by atoms with E-state index in [0.717, 1.165) is 34.6 Å². The zero-order chi connectivity index (χ0) is 96.9. The zero-order valence-electron chi connectivity index (χ0n) is 70.7. The number of hydrogen-bond donors (Lipinski definition) is 33. The van der Waals surface area contributed by atoms with E-state index in [1.165, 1.54) is 6.92 Å². The van der Waals surface area contributed by atoms with Crippen LogP contribution in [-0.4, -0.2) is 550 Å². The Morgan fingerprint density at radius 1 is 0.328 bits per heavy atom. The van der Waals surface area contributed by atoms with Crippen molar-refractivity contribution >= 4 is 35.5 Å². The van der Waals surface area contributed by atoms with Gasteiger partial charge in [-0.05, 0) is 6.92 Å². The van der Waals surface area contributed by atoms with Crippen molar-refractivity contribution in [3.63, 3.8) is 0 Å². The van der Waals surface area contributed by atoms with E-state index in [9.17, 15) is 172 Å². The molecule has 10 fully saturated rings. The number of aliphatic hydroxyl groups is 27. The van der Waals surface area contributed by atoms with Crippen LogP contribution in [0.4, 0.5) is 0 Å². The Balaban J connectivity index is 1.01. The van der Waals surface area contributed by atoms with Gasteiger partial charge in [0.15, 0.2) is 56.6 Å². The molecule has 756 valence electrons. The van der Waals surface area contributed by atoms with Crippen LogP contribution in [0.2, 0.25) is 0 Å². The summed E-state index contributed by atoms with van der Waals surface area (Å²) in [5.41, 5.74) is 0. The summed E-state index contributed by atoms with van der Waals surface area (Å²) >= 11 is 0. The van der Waals surface area contributed by atoms with Gasteiger partial charge in [-0.15, -0.1) is 0 Å². The first-order valence-electron chi connectivity index (χ1n) is 41.6. The molecule has 0 unspecified atom stereocenters. The summed E-state index contributed by atoms with van der Waals surface area (Å²) in [7, 11) is 0.